The average molecular weight is 337 g/mol. The number of anilines is 1. The first kappa shape index (κ1) is 15.8. The number of fused-ring (bicyclic) bond motifs is 2. The van der Waals surface area contributed by atoms with Gasteiger partial charge in [-0.15, -0.1) is 0 Å². The molecule has 0 amide bonds. The van der Waals surface area contributed by atoms with Gasteiger partial charge in [-0.3, -0.25) is 0 Å². The highest BCUT2D eigenvalue weighted by Gasteiger charge is 2.27. The van der Waals surface area contributed by atoms with Crippen LogP contribution in [0, 0.1) is 0 Å². The van der Waals surface area contributed by atoms with Crippen molar-refractivity contribution >= 4 is 16.9 Å². The van der Waals surface area contributed by atoms with E-state index in [0.717, 1.165) is 18.7 Å². The Labute approximate surface area is 146 Å². The molecule has 3 N–H and O–H groups in total. The molecule has 0 unspecified atom stereocenters. The number of H-pyrrole nitrogens is 1. The molecule has 1 aliphatic heterocycles. The number of allylic oxidation sites excluding steroid dienone is 1. The maximum Gasteiger partial charge on any atom is 0.247 e. The Hall–Kier alpha value is -2.67. The summed E-state index contributed by atoms with van der Waals surface area (Å²) in [5, 5.41) is 20.1. The lowest BCUT2D eigenvalue weighted by molar-refractivity contribution is 0.470. The number of benzene rings is 1. The van der Waals surface area contributed by atoms with Gasteiger partial charge in [0.1, 0.15) is 0 Å². The molecule has 0 saturated heterocycles. The van der Waals surface area contributed by atoms with E-state index in [1.807, 2.05) is 4.68 Å². The largest absolute Gasteiger partial charge is 0.361 e. The predicted molar refractivity (Wildman–Crippen MR) is 98.3 cm³/mol. The van der Waals surface area contributed by atoms with Gasteiger partial charge >= 0.3 is 0 Å². The fraction of sp³-hybridized carbons (Fsp3) is 0.389. The van der Waals surface area contributed by atoms with Crippen LogP contribution in [0.2, 0.25) is 0 Å². The first-order valence-electron chi connectivity index (χ1n) is 8.69. The van der Waals surface area contributed by atoms with Gasteiger partial charge in [0.15, 0.2) is 0 Å². The maximum atomic E-state index is 4.09. The van der Waals surface area contributed by atoms with Crippen molar-refractivity contribution in [3.63, 3.8) is 0 Å². The first-order chi connectivity index (χ1) is 12.1. The van der Waals surface area contributed by atoms with Gasteiger partial charge in [-0.2, -0.15) is 0 Å². The summed E-state index contributed by atoms with van der Waals surface area (Å²) in [7, 11) is 0. The number of rotatable bonds is 5. The monoisotopic (exact) mass is 337 g/mol. The molecule has 2 aromatic heterocycles. The predicted octanol–water partition coefficient (Wildman–Crippen LogP) is 2.64. The Morgan fingerprint density at radius 2 is 2.16 bits per heavy atom. The van der Waals surface area contributed by atoms with Crippen molar-refractivity contribution in [2.75, 3.05) is 11.9 Å². The molecule has 3 aromatic rings. The number of para-hydroxylation sites is 1. The van der Waals surface area contributed by atoms with Crippen LogP contribution >= 0.6 is 0 Å². The molecular formula is C18H23N7. The van der Waals surface area contributed by atoms with E-state index >= 15 is 0 Å². The van der Waals surface area contributed by atoms with Crippen molar-refractivity contribution in [1.29, 1.82) is 0 Å². The van der Waals surface area contributed by atoms with Gasteiger partial charge in [-0.1, -0.05) is 23.3 Å². The smallest absolute Gasteiger partial charge is 0.247 e. The Morgan fingerprint density at radius 3 is 3.04 bits per heavy atom. The highest BCUT2D eigenvalue weighted by molar-refractivity contribution is 5.83. The molecule has 0 saturated carbocycles. The van der Waals surface area contributed by atoms with Crippen molar-refractivity contribution in [2.45, 2.75) is 39.3 Å². The number of aromatic nitrogens is 5. The highest BCUT2D eigenvalue weighted by atomic mass is 15.6. The molecule has 130 valence electrons. The van der Waals surface area contributed by atoms with Gasteiger partial charge in [0.25, 0.3) is 0 Å². The van der Waals surface area contributed by atoms with Crippen LogP contribution in [0.1, 0.15) is 32.4 Å². The van der Waals surface area contributed by atoms with Gasteiger partial charge < -0.3 is 15.6 Å². The quantitative estimate of drug-likeness (QED) is 0.666. The third-order valence-corrected chi connectivity index (χ3v) is 5.03. The standard InChI is InChI=1S/C18H23N7/c1-11(17-12(2)21-18-22-23-24-25(18)13(17)3)19-9-8-14-10-20-16-7-5-4-6-15(14)16/h4-7,10-11,13,19-20H,8-9H2,1-3H3,(H,21,22,24)/t11-,13-/m0/s1. The summed E-state index contributed by atoms with van der Waals surface area (Å²) in [6.07, 6.45) is 3.10. The third kappa shape index (κ3) is 2.80. The summed E-state index contributed by atoms with van der Waals surface area (Å²) < 4.78 is 1.83. The van der Waals surface area contributed by atoms with Crippen LogP contribution in [0.3, 0.4) is 0 Å². The average Bonchev–Trinajstić information content (AvgIpc) is 3.22. The summed E-state index contributed by atoms with van der Waals surface area (Å²) in [4.78, 5) is 3.34. The maximum absolute atomic E-state index is 4.09. The minimum atomic E-state index is 0.141. The molecule has 7 nitrogen and oxygen atoms in total. The van der Waals surface area contributed by atoms with Crippen LogP contribution in [-0.2, 0) is 6.42 Å². The van der Waals surface area contributed by atoms with Crippen molar-refractivity contribution in [1.82, 2.24) is 30.5 Å². The van der Waals surface area contributed by atoms with Gasteiger partial charge in [0.2, 0.25) is 5.95 Å². The number of hydrogen-bond donors (Lipinski definition) is 3. The van der Waals surface area contributed by atoms with E-state index in [1.165, 1.54) is 22.0 Å². The molecule has 0 fully saturated rings. The third-order valence-electron chi connectivity index (χ3n) is 5.03. The van der Waals surface area contributed by atoms with Crippen LogP contribution in [0.25, 0.3) is 10.9 Å². The van der Waals surface area contributed by atoms with Crippen molar-refractivity contribution in [3.8, 4) is 0 Å². The molecule has 3 heterocycles. The van der Waals surface area contributed by atoms with E-state index in [2.05, 4.69) is 82.4 Å². The van der Waals surface area contributed by atoms with E-state index in [9.17, 15) is 0 Å². The van der Waals surface area contributed by atoms with E-state index < -0.39 is 0 Å². The lowest BCUT2D eigenvalue weighted by Crippen LogP contribution is -2.36. The van der Waals surface area contributed by atoms with Crippen LogP contribution in [0.4, 0.5) is 5.95 Å². The molecule has 1 aliphatic rings. The van der Waals surface area contributed by atoms with Crippen LogP contribution in [-0.4, -0.2) is 37.8 Å². The fourth-order valence-corrected chi connectivity index (χ4v) is 3.78. The Balaban J connectivity index is 1.43. The fourth-order valence-electron chi connectivity index (χ4n) is 3.78. The topological polar surface area (TPSA) is 83.5 Å². The second-order valence-corrected chi connectivity index (χ2v) is 6.61. The van der Waals surface area contributed by atoms with Crippen molar-refractivity contribution in [3.05, 3.63) is 47.3 Å². The second-order valence-electron chi connectivity index (χ2n) is 6.61. The minimum Gasteiger partial charge on any atom is -0.361 e. The SMILES string of the molecule is CC1=C([C@H](C)NCCc2c[nH]c3ccccc23)[C@H](C)n2nnnc2N1. The van der Waals surface area contributed by atoms with E-state index in [4.69, 9.17) is 0 Å². The molecule has 1 aromatic carbocycles. The Bertz CT molecular complexity index is 920. The molecular weight excluding hydrogens is 314 g/mol. The van der Waals surface area contributed by atoms with Gasteiger partial charge in [0, 0.05) is 28.8 Å². The van der Waals surface area contributed by atoms with Gasteiger partial charge in [0.05, 0.1) is 6.04 Å². The first-order valence-corrected chi connectivity index (χ1v) is 8.69. The number of aromatic amines is 1. The molecule has 25 heavy (non-hydrogen) atoms. The second kappa shape index (κ2) is 6.33. The number of hydrogen-bond acceptors (Lipinski definition) is 5. The summed E-state index contributed by atoms with van der Waals surface area (Å²) in [5.41, 5.74) is 4.96. The lowest BCUT2D eigenvalue weighted by Gasteiger charge is -2.30. The lowest BCUT2D eigenvalue weighted by atomic mass is 9.97. The summed E-state index contributed by atoms with van der Waals surface area (Å²) in [5.74, 6) is 0.708. The normalized spacial score (nSPS) is 18.3. The zero-order chi connectivity index (χ0) is 17.4. The number of nitrogens with zero attached hydrogens (tertiary/aromatic N) is 4. The summed E-state index contributed by atoms with van der Waals surface area (Å²) in [6.45, 7) is 7.33. The van der Waals surface area contributed by atoms with E-state index in [0.29, 0.717) is 5.95 Å². The molecule has 0 aliphatic carbocycles. The molecule has 2 atom stereocenters. The zero-order valence-corrected chi connectivity index (χ0v) is 14.7. The molecule has 7 heteroatoms. The van der Waals surface area contributed by atoms with Gasteiger partial charge in [-0.25, -0.2) is 4.68 Å². The Kier molecular flexibility index (Phi) is 4.01. The van der Waals surface area contributed by atoms with Gasteiger partial charge in [-0.05, 0) is 61.4 Å². The van der Waals surface area contributed by atoms with E-state index in [-0.39, 0.29) is 12.1 Å². The molecule has 0 radical (unpaired) electrons. The van der Waals surface area contributed by atoms with Crippen LogP contribution in [0.15, 0.2) is 41.7 Å². The Morgan fingerprint density at radius 1 is 1.32 bits per heavy atom. The highest BCUT2D eigenvalue weighted by Crippen LogP contribution is 2.30. The zero-order valence-electron chi connectivity index (χ0n) is 14.7. The number of nitrogens with one attached hydrogen (secondary N) is 3. The molecule has 0 bridgehead atoms. The molecule has 4 rings (SSSR count). The van der Waals surface area contributed by atoms with Crippen molar-refractivity contribution < 1.29 is 0 Å². The summed E-state index contributed by atoms with van der Waals surface area (Å²) >= 11 is 0. The molecule has 0 spiro atoms. The minimum absolute atomic E-state index is 0.141. The van der Waals surface area contributed by atoms with Crippen molar-refractivity contribution in [2.24, 2.45) is 0 Å². The van der Waals surface area contributed by atoms with Crippen LogP contribution in [0.5, 0.6) is 0 Å². The van der Waals surface area contributed by atoms with E-state index in [1.54, 1.807) is 0 Å². The summed E-state index contributed by atoms with van der Waals surface area (Å²) in [6, 6.07) is 8.81. The van der Waals surface area contributed by atoms with Crippen LogP contribution < -0.4 is 10.6 Å². The number of tetrazole rings is 1.